The molecule has 5 heteroatoms. The largest absolute Gasteiger partial charge is 0.496 e. The molecule has 0 fully saturated rings. The summed E-state index contributed by atoms with van der Waals surface area (Å²) in [5.41, 5.74) is 0.644. The van der Waals surface area contributed by atoms with Crippen LogP contribution in [0.1, 0.15) is 24.2 Å². The minimum atomic E-state index is 0.00514. The van der Waals surface area contributed by atoms with Crippen LogP contribution in [-0.4, -0.2) is 44.2 Å². The van der Waals surface area contributed by atoms with Gasteiger partial charge in [0.15, 0.2) is 0 Å². The number of methoxy groups -OCH3 is 1. The fourth-order valence-corrected chi connectivity index (χ4v) is 2.24. The minimum absolute atomic E-state index is 0.00514. The van der Waals surface area contributed by atoms with Crippen molar-refractivity contribution >= 4 is 21.8 Å². The molecule has 0 unspecified atom stereocenters. The highest BCUT2D eigenvalue weighted by atomic mass is 79.9. The SMILES string of the molecule is CCOCCN(CC)C(=O)c1ccc(OC)c(Br)c1. The fraction of sp³-hybridized carbons (Fsp3) is 0.500. The van der Waals surface area contributed by atoms with Gasteiger partial charge in [0.05, 0.1) is 18.2 Å². The third-order valence-electron chi connectivity index (χ3n) is 2.78. The number of halogens is 1. The van der Waals surface area contributed by atoms with Crippen molar-refractivity contribution in [1.82, 2.24) is 4.90 Å². The Morgan fingerprint density at radius 2 is 2.11 bits per heavy atom. The van der Waals surface area contributed by atoms with E-state index in [4.69, 9.17) is 9.47 Å². The zero-order chi connectivity index (χ0) is 14.3. The van der Waals surface area contributed by atoms with Gasteiger partial charge in [0.1, 0.15) is 5.75 Å². The molecule has 0 radical (unpaired) electrons. The van der Waals surface area contributed by atoms with Crippen LogP contribution in [0.3, 0.4) is 0 Å². The van der Waals surface area contributed by atoms with Gasteiger partial charge in [0, 0.05) is 25.3 Å². The lowest BCUT2D eigenvalue weighted by Gasteiger charge is -2.21. The Kier molecular flexibility index (Phi) is 6.87. The third-order valence-corrected chi connectivity index (χ3v) is 3.40. The van der Waals surface area contributed by atoms with Crippen LogP contribution in [0.5, 0.6) is 5.75 Å². The number of amides is 1. The molecule has 0 bridgehead atoms. The van der Waals surface area contributed by atoms with E-state index in [-0.39, 0.29) is 5.91 Å². The Morgan fingerprint density at radius 3 is 2.63 bits per heavy atom. The Balaban J connectivity index is 2.76. The molecule has 0 N–H and O–H groups in total. The van der Waals surface area contributed by atoms with E-state index in [1.165, 1.54) is 0 Å². The second-order valence-electron chi connectivity index (χ2n) is 3.93. The molecule has 19 heavy (non-hydrogen) atoms. The first-order valence-electron chi connectivity index (χ1n) is 6.34. The topological polar surface area (TPSA) is 38.8 Å². The van der Waals surface area contributed by atoms with Crippen LogP contribution >= 0.6 is 15.9 Å². The zero-order valence-corrected chi connectivity index (χ0v) is 13.2. The van der Waals surface area contributed by atoms with Crippen LogP contribution in [0.15, 0.2) is 22.7 Å². The van der Waals surface area contributed by atoms with E-state index in [9.17, 15) is 4.79 Å². The average molecular weight is 330 g/mol. The van der Waals surface area contributed by atoms with E-state index in [2.05, 4.69) is 15.9 Å². The number of hydrogen-bond acceptors (Lipinski definition) is 3. The maximum Gasteiger partial charge on any atom is 0.253 e. The third kappa shape index (κ3) is 4.51. The first kappa shape index (κ1) is 16.0. The summed E-state index contributed by atoms with van der Waals surface area (Å²) in [5, 5.41) is 0. The number of nitrogens with zero attached hydrogens (tertiary/aromatic N) is 1. The number of benzene rings is 1. The van der Waals surface area contributed by atoms with Gasteiger partial charge in [-0.3, -0.25) is 4.79 Å². The van der Waals surface area contributed by atoms with Gasteiger partial charge in [0.25, 0.3) is 5.91 Å². The van der Waals surface area contributed by atoms with Crippen LogP contribution in [0.25, 0.3) is 0 Å². The maximum atomic E-state index is 12.3. The van der Waals surface area contributed by atoms with Crippen molar-refractivity contribution < 1.29 is 14.3 Å². The lowest BCUT2D eigenvalue weighted by Crippen LogP contribution is -2.33. The van der Waals surface area contributed by atoms with Gasteiger partial charge >= 0.3 is 0 Å². The molecule has 1 rings (SSSR count). The van der Waals surface area contributed by atoms with Crippen molar-refractivity contribution in [2.45, 2.75) is 13.8 Å². The van der Waals surface area contributed by atoms with Crippen molar-refractivity contribution in [3.8, 4) is 5.75 Å². The molecule has 0 aliphatic heterocycles. The average Bonchev–Trinajstić information content (AvgIpc) is 2.43. The van der Waals surface area contributed by atoms with E-state index in [0.29, 0.717) is 37.6 Å². The molecule has 0 spiro atoms. The van der Waals surface area contributed by atoms with Gasteiger partial charge in [-0.2, -0.15) is 0 Å². The van der Waals surface area contributed by atoms with Gasteiger partial charge in [-0.1, -0.05) is 0 Å². The predicted molar refractivity (Wildman–Crippen MR) is 78.8 cm³/mol. The van der Waals surface area contributed by atoms with Gasteiger partial charge < -0.3 is 14.4 Å². The molecule has 0 aromatic heterocycles. The molecule has 0 heterocycles. The van der Waals surface area contributed by atoms with Crippen molar-refractivity contribution in [2.24, 2.45) is 0 Å². The lowest BCUT2D eigenvalue weighted by molar-refractivity contribution is 0.0669. The first-order chi connectivity index (χ1) is 9.13. The molecule has 0 saturated carbocycles. The van der Waals surface area contributed by atoms with Crippen LogP contribution in [-0.2, 0) is 4.74 Å². The van der Waals surface area contributed by atoms with Crippen molar-refractivity contribution in [3.05, 3.63) is 28.2 Å². The molecule has 0 atom stereocenters. The molecule has 4 nitrogen and oxygen atoms in total. The Hall–Kier alpha value is -1.07. The van der Waals surface area contributed by atoms with Crippen LogP contribution < -0.4 is 4.74 Å². The van der Waals surface area contributed by atoms with Crippen LogP contribution in [0, 0.1) is 0 Å². The Morgan fingerprint density at radius 1 is 1.37 bits per heavy atom. The smallest absolute Gasteiger partial charge is 0.253 e. The number of carbonyl (C=O) groups excluding carboxylic acids is 1. The summed E-state index contributed by atoms with van der Waals surface area (Å²) in [4.78, 5) is 14.1. The summed E-state index contributed by atoms with van der Waals surface area (Å²) >= 11 is 3.39. The summed E-state index contributed by atoms with van der Waals surface area (Å²) in [5.74, 6) is 0.722. The first-order valence-corrected chi connectivity index (χ1v) is 7.13. The van der Waals surface area contributed by atoms with Crippen molar-refractivity contribution in [1.29, 1.82) is 0 Å². The number of likely N-dealkylation sites (N-methyl/N-ethyl adjacent to an activating group) is 1. The highest BCUT2D eigenvalue weighted by molar-refractivity contribution is 9.10. The zero-order valence-electron chi connectivity index (χ0n) is 11.6. The van der Waals surface area contributed by atoms with Crippen LogP contribution in [0.2, 0.25) is 0 Å². The number of carbonyl (C=O) groups is 1. The number of hydrogen-bond donors (Lipinski definition) is 0. The standard InChI is InChI=1S/C14H20BrNO3/c1-4-16(8-9-19-5-2)14(17)11-6-7-13(18-3)12(15)10-11/h6-7,10H,4-5,8-9H2,1-3H3. The van der Waals surface area contributed by atoms with Gasteiger partial charge in [-0.05, 0) is 48.0 Å². The van der Waals surface area contributed by atoms with E-state index < -0.39 is 0 Å². The molecule has 1 amide bonds. The fourth-order valence-electron chi connectivity index (χ4n) is 1.70. The summed E-state index contributed by atoms with van der Waals surface area (Å²) < 4.78 is 11.2. The van der Waals surface area contributed by atoms with E-state index in [1.54, 1.807) is 30.2 Å². The summed E-state index contributed by atoms with van der Waals surface area (Å²) in [7, 11) is 1.60. The predicted octanol–water partition coefficient (Wildman–Crippen LogP) is 2.96. The highest BCUT2D eigenvalue weighted by Crippen LogP contribution is 2.26. The molecule has 106 valence electrons. The molecular weight excluding hydrogens is 310 g/mol. The lowest BCUT2D eigenvalue weighted by atomic mass is 10.2. The van der Waals surface area contributed by atoms with Gasteiger partial charge in [-0.25, -0.2) is 0 Å². The van der Waals surface area contributed by atoms with Gasteiger partial charge in [0.2, 0.25) is 0 Å². The Labute approximate surface area is 122 Å². The number of ether oxygens (including phenoxy) is 2. The summed E-state index contributed by atoms with van der Waals surface area (Å²) in [6.07, 6.45) is 0. The summed E-state index contributed by atoms with van der Waals surface area (Å²) in [6.45, 7) is 6.40. The van der Waals surface area contributed by atoms with E-state index >= 15 is 0 Å². The highest BCUT2D eigenvalue weighted by Gasteiger charge is 2.15. The Bertz CT molecular complexity index is 423. The normalized spacial score (nSPS) is 10.3. The summed E-state index contributed by atoms with van der Waals surface area (Å²) in [6, 6.07) is 5.34. The molecule has 0 aliphatic carbocycles. The van der Waals surface area contributed by atoms with Gasteiger partial charge in [-0.15, -0.1) is 0 Å². The number of rotatable bonds is 7. The van der Waals surface area contributed by atoms with Crippen molar-refractivity contribution in [2.75, 3.05) is 33.4 Å². The second kappa shape index (κ2) is 8.17. The quantitative estimate of drug-likeness (QED) is 0.722. The maximum absolute atomic E-state index is 12.3. The van der Waals surface area contributed by atoms with Crippen molar-refractivity contribution in [3.63, 3.8) is 0 Å². The molecule has 1 aromatic carbocycles. The molecule has 0 saturated heterocycles. The van der Waals surface area contributed by atoms with Crippen LogP contribution in [0.4, 0.5) is 0 Å². The van der Waals surface area contributed by atoms with E-state index in [1.807, 2.05) is 13.8 Å². The molecule has 0 aliphatic rings. The van der Waals surface area contributed by atoms with E-state index in [0.717, 1.165) is 4.47 Å². The monoisotopic (exact) mass is 329 g/mol. The minimum Gasteiger partial charge on any atom is -0.496 e. The molecular formula is C14H20BrNO3. The second-order valence-corrected chi connectivity index (χ2v) is 4.79. The molecule has 1 aromatic rings.